The average molecular weight is 240 g/mol. The summed E-state index contributed by atoms with van der Waals surface area (Å²) in [5, 5.41) is 0. The van der Waals surface area contributed by atoms with E-state index in [0.29, 0.717) is 0 Å². The molecule has 1 aliphatic rings. The fourth-order valence-corrected chi connectivity index (χ4v) is 2.86. The van der Waals surface area contributed by atoms with E-state index in [2.05, 4.69) is 48.0 Å². The van der Waals surface area contributed by atoms with Crippen LogP contribution in [0.3, 0.4) is 0 Å². The molecule has 0 radical (unpaired) electrons. The van der Waals surface area contributed by atoms with E-state index in [1.165, 1.54) is 28.9 Å². The van der Waals surface area contributed by atoms with Crippen LogP contribution in [0.4, 0.5) is 0 Å². The lowest BCUT2D eigenvalue weighted by Gasteiger charge is -2.21. The lowest BCUT2D eigenvalue weighted by Crippen LogP contribution is -2.17. The molecule has 1 heterocycles. The van der Waals surface area contributed by atoms with Crippen LogP contribution in [0.1, 0.15) is 42.6 Å². The minimum absolute atomic E-state index is 0.227. The molecule has 1 atom stereocenters. The van der Waals surface area contributed by atoms with Crippen LogP contribution >= 0.6 is 0 Å². The zero-order chi connectivity index (χ0) is 12.5. The molecular formula is C16H20N2. The molecule has 94 valence electrons. The van der Waals surface area contributed by atoms with Crippen LogP contribution in [0.15, 0.2) is 36.5 Å². The molecule has 1 aromatic carbocycles. The van der Waals surface area contributed by atoms with E-state index in [0.717, 1.165) is 19.3 Å². The quantitative estimate of drug-likeness (QED) is 0.857. The average Bonchev–Trinajstić information content (AvgIpc) is 2.84. The molecule has 0 bridgehead atoms. The molecule has 1 aliphatic carbocycles. The Hall–Kier alpha value is -1.54. The fourth-order valence-electron chi connectivity index (χ4n) is 2.86. The van der Waals surface area contributed by atoms with Crippen LogP contribution in [-0.2, 0) is 12.8 Å². The maximum Gasteiger partial charge on any atom is 0.0452 e. The van der Waals surface area contributed by atoms with Gasteiger partial charge in [-0.25, -0.2) is 0 Å². The van der Waals surface area contributed by atoms with Gasteiger partial charge in [0.1, 0.15) is 0 Å². The van der Waals surface area contributed by atoms with Crippen molar-refractivity contribution in [3.63, 3.8) is 0 Å². The summed E-state index contributed by atoms with van der Waals surface area (Å²) in [7, 11) is 0. The second-order valence-corrected chi connectivity index (χ2v) is 5.11. The zero-order valence-corrected chi connectivity index (χ0v) is 10.9. The molecule has 0 saturated heterocycles. The number of nitrogens with zero attached hydrogens (tertiary/aromatic N) is 1. The summed E-state index contributed by atoms with van der Waals surface area (Å²) < 4.78 is 2.30. The monoisotopic (exact) mass is 240 g/mol. The number of nitrogens with two attached hydrogens (primary N) is 1. The van der Waals surface area contributed by atoms with Crippen LogP contribution in [0.25, 0.3) is 5.69 Å². The van der Waals surface area contributed by atoms with Gasteiger partial charge in [-0.3, -0.25) is 0 Å². The standard InChI is InChI=1S/C16H20N2/c1-2-12-6-8-13(9-7-12)18-11-10-14-15(17)4-3-5-16(14)18/h6-11,15H,2-5,17H2,1H3. The molecule has 2 nitrogen and oxygen atoms in total. The van der Waals surface area contributed by atoms with Gasteiger partial charge in [0.05, 0.1) is 0 Å². The van der Waals surface area contributed by atoms with Crippen LogP contribution in [0.2, 0.25) is 0 Å². The van der Waals surface area contributed by atoms with Crippen molar-refractivity contribution in [3.05, 3.63) is 53.3 Å². The predicted molar refractivity (Wildman–Crippen MR) is 75.0 cm³/mol. The maximum absolute atomic E-state index is 6.17. The summed E-state index contributed by atoms with van der Waals surface area (Å²) in [4.78, 5) is 0. The molecule has 0 aliphatic heterocycles. The van der Waals surface area contributed by atoms with Crippen molar-refractivity contribution in [2.75, 3.05) is 0 Å². The highest BCUT2D eigenvalue weighted by atomic mass is 15.0. The Kier molecular flexibility index (Phi) is 2.96. The first-order valence-corrected chi connectivity index (χ1v) is 6.84. The topological polar surface area (TPSA) is 30.9 Å². The molecule has 0 fully saturated rings. The van der Waals surface area contributed by atoms with Gasteiger partial charge in [0.25, 0.3) is 0 Å². The number of hydrogen-bond donors (Lipinski definition) is 1. The third-order valence-corrected chi connectivity index (χ3v) is 3.98. The normalized spacial score (nSPS) is 18.7. The van der Waals surface area contributed by atoms with Crippen LogP contribution in [-0.4, -0.2) is 4.57 Å². The van der Waals surface area contributed by atoms with Crippen molar-refractivity contribution in [3.8, 4) is 5.69 Å². The molecule has 2 heteroatoms. The van der Waals surface area contributed by atoms with Crippen molar-refractivity contribution in [1.82, 2.24) is 4.57 Å². The van der Waals surface area contributed by atoms with Crippen molar-refractivity contribution < 1.29 is 0 Å². The Labute approximate surface area is 108 Å². The molecule has 1 aromatic heterocycles. The Balaban J connectivity index is 2.01. The van der Waals surface area contributed by atoms with E-state index in [9.17, 15) is 0 Å². The van der Waals surface area contributed by atoms with E-state index in [4.69, 9.17) is 5.73 Å². The Morgan fingerprint density at radius 2 is 2.00 bits per heavy atom. The van der Waals surface area contributed by atoms with Gasteiger partial charge in [-0.2, -0.15) is 0 Å². The largest absolute Gasteiger partial charge is 0.324 e. The summed E-state index contributed by atoms with van der Waals surface area (Å²) in [5.41, 5.74) is 11.5. The van der Waals surface area contributed by atoms with Crippen LogP contribution < -0.4 is 5.73 Å². The minimum atomic E-state index is 0.227. The zero-order valence-electron chi connectivity index (χ0n) is 10.9. The van der Waals surface area contributed by atoms with Crippen molar-refractivity contribution >= 4 is 0 Å². The lowest BCUT2D eigenvalue weighted by atomic mass is 9.93. The first kappa shape index (κ1) is 11.5. The second-order valence-electron chi connectivity index (χ2n) is 5.11. The molecule has 2 N–H and O–H groups in total. The predicted octanol–water partition coefficient (Wildman–Crippen LogP) is 3.38. The molecular weight excluding hydrogens is 220 g/mol. The third kappa shape index (κ3) is 1.87. The van der Waals surface area contributed by atoms with E-state index in [-0.39, 0.29) is 6.04 Å². The van der Waals surface area contributed by atoms with Crippen molar-refractivity contribution in [1.29, 1.82) is 0 Å². The minimum Gasteiger partial charge on any atom is -0.324 e. The number of hydrogen-bond acceptors (Lipinski definition) is 1. The Morgan fingerprint density at radius 1 is 1.22 bits per heavy atom. The Morgan fingerprint density at radius 3 is 2.72 bits per heavy atom. The van der Waals surface area contributed by atoms with Gasteiger partial charge in [0, 0.05) is 23.6 Å². The van der Waals surface area contributed by atoms with Gasteiger partial charge in [0.2, 0.25) is 0 Å². The summed E-state index contributed by atoms with van der Waals surface area (Å²) in [6.45, 7) is 2.19. The van der Waals surface area contributed by atoms with Crippen LogP contribution in [0.5, 0.6) is 0 Å². The summed E-state index contributed by atoms with van der Waals surface area (Å²) in [5.74, 6) is 0. The van der Waals surface area contributed by atoms with Gasteiger partial charge >= 0.3 is 0 Å². The molecule has 0 amide bonds. The van der Waals surface area contributed by atoms with Gasteiger partial charge in [0.15, 0.2) is 0 Å². The second kappa shape index (κ2) is 4.62. The molecule has 1 unspecified atom stereocenters. The SMILES string of the molecule is CCc1ccc(-n2ccc3c2CCCC3N)cc1. The third-order valence-electron chi connectivity index (χ3n) is 3.98. The Bertz CT molecular complexity index is 537. The van der Waals surface area contributed by atoms with E-state index in [1.807, 2.05) is 0 Å². The highest BCUT2D eigenvalue weighted by Crippen LogP contribution is 2.30. The first-order chi connectivity index (χ1) is 8.79. The number of benzene rings is 1. The summed E-state index contributed by atoms with van der Waals surface area (Å²) >= 11 is 0. The summed E-state index contributed by atoms with van der Waals surface area (Å²) in [6.07, 6.45) is 6.72. The van der Waals surface area contributed by atoms with E-state index < -0.39 is 0 Å². The lowest BCUT2D eigenvalue weighted by molar-refractivity contribution is 0.560. The van der Waals surface area contributed by atoms with Crippen molar-refractivity contribution in [2.24, 2.45) is 5.73 Å². The highest BCUT2D eigenvalue weighted by Gasteiger charge is 2.20. The van der Waals surface area contributed by atoms with Crippen LogP contribution in [0, 0.1) is 0 Å². The van der Waals surface area contributed by atoms with E-state index >= 15 is 0 Å². The van der Waals surface area contributed by atoms with Gasteiger partial charge in [-0.05, 0) is 55.0 Å². The van der Waals surface area contributed by atoms with Crippen molar-refractivity contribution in [2.45, 2.75) is 38.6 Å². The summed E-state index contributed by atoms with van der Waals surface area (Å²) in [6, 6.07) is 11.3. The number of rotatable bonds is 2. The molecule has 0 saturated carbocycles. The van der Waals surface area contributed by atoms with Gasteiger partial charge in [-0.1, -0.05) is 19.1 Å². The van der Waals surface area contributed by atoms with Gasteiger partial charge in [-0.15, -0.1) is 0 Å². The highest BCUT2D eigenvalue weighted by molar-refractivity contribution is 5.41. The molecule has 2 aromatic rings. The molecule has 18 heavy (non-hydrogen) atoms. The number of aryl methyl sites for hydroxylation is 1. The fraction of sp³-hybridized carbons (Fsp3) is 0.375. The first-order valence-electron chi connectivity index (χ1n) is 6.84. The molecule has 3 rings (SSSR count). The number of aromatic nitrogens is 1. The van der Waals surface area contributed by atoms with E-state index in [1.54, 1.807) is 0 Å². The molecule has 0 spiro atoms. The smallest absolute Gasteiger partial charge is 0.0452 e. The number of fused-ring (bicyclic) bond motifs is 1. The van der Waals surface area contributed by atoms with Gasteiger partial charge < -0.3 is 10.3 Å². The maximum atomic E-state index is 6.17.